The second-order valence-corrected chi connectivity index (χ2v) is 5.45. The summed E-state index contributed by atoms with van der Waals surface area (Å²) in [6.45, 7) is 2.02. The fraction of sp³-hybridized carbons (Fsp3) is 0.357. The van der Waals surface area contributed by atoms with Crippen molar-refractivity contribution in [2.75, 3.05) is 0 Å². The monoisotopic (exact) mass is 313 g/mol. The van der Waals surface area contributed by atoms with Gasteiger partial charge >= 0.3 is 0 Å². The van der Waals surface area contributed by atoms with Crippen molar-refractivity contribution < 1.29 is 4.74 Å². The van der Waals surface area contributed by atoms with Gasteiger partial charge in [0.25, 0.3) is 0 Å². The number of aryl methyl sites for hydroxylation is 1. The number of hydrogen-bond acceptors (Lipinski definition) is 3. The van der Waals surface area contributed by atoms with Crippen LogP contribution in [0.15, 0.2) is 30.6 Å². The Balaban J connectivity index is 2.25. The SMILES string of the molecule is CCC(N)C(Oc1ccc(Cl)c(Cl)c1)c1cnn(C)c1. The fourth-order valence-electron chi connectivity index (χ4n) is 1.90. The molecular weight excluding hydrogens is 297 g/mol. The molecule has 0 fully saturated rings. The van der Waals surface area contributed by atoms with Gasteiger partial charge in [-0.25, -0.2) is 0 Å². The molecule has 4 nitrogen and oxygen atoms in total. The Hall–Kier alpha value is -1.23. The van der Waals surface area contributed by atoms with Crippen molar-refractivity contribution in [1.29, 1.82) is 0 Å². The largest absolute Gasteiger partial charge is 0.484 e. The van der Waals surface area contributed by atoms with Gasteiger partial charge in [-0.15, -0.1) is 0 Å². The molecular formula is C14H17Cl2N3O. The Labute approximate surface area is 128 Å². The molecule has 6 heteroatoms. The molecule has 2 atom stereocenters. The Morgan fingerprint density at radius 1 is 1.35 bits per heavy atom. The van der Waals surface area contributed by atoms with E-state index in [4.69, 9.17) is 33.7 Å². The van der Waals surface area contributed by atoms with Crippen molar-refractivity contribution >= 4 is 23.2 Å². The zero-order chi connectivity index (χ0) is 14.7. The summed E-state index contributed by atoms with van der Waals surface area (Å²) in [6, 6.07) is 5.04. The van der Waals surface area contributed by atoms with Crippen LogP contribution in [0.5, 0.6) is 5.75 Å². The quantitative estimate of drug-likeness (QED) is 0.917. The second kappa shape index (κ2) is 6.48. The second-order valence-electron chi connectivity index (χ2n) is 4.63. The van der Waals surface area contributed by atoms with Gasteiger partial charge in [0.1, 0.15) is 11.9 Å². The third-order valence-electron chi connectivity index (χ3n) is 3.07. The van der Waals surface area contributed by atoms with Crippen molar-refractivity contribution in [2.24, 2.45) is 12.8 Å². The molecule has 0 aliphatic heterocycles. The zero-order valence-corrected chi connectivity index (χ0v) is 12.9. The number of benzene rings is 1. The highest BCUT2D eigenvalue weighted by Gasteiger charge is 2.22. The van der Waals surface area contributed by atoms with Gasteiger partial charge in [-0.1, -0.05) is 30.1 Å². The Kier molecular flexibility index (Phi) is 4.91. The van der Waals surface area contributed by atoms with E-state index in [9.17, 15) is 0 Å². The van der Waals surface area contributed by atoms with Crippen LogP contribution in [0.2, 0.25) is 10.0 Å². The van der Waals surface area contributed by atoms with Gasteiger partial charge in [-0.3, -0.25) is 4.68 Å². The molecule has 1 heterocycles. The highest BCUT2D eigenvalue weighted by molar-refractivity contribution is 6.42. The normalized spacial score (nSPS) is 14.1. The van der Waals surface area contributed by atoms with Crippen LogP contribution in [0, 0.1) is 0 Å². The van der Waals surface area contributed by atoms with Crippen LogP contribution in [0.25, 0.3) is 0 Å². The number of hydrogen-bond donors (Lipinski definition) is 1. The van der Waals surface area contributed by atoms with Crippen LogP contribution in [-0.2, 0) is 7.05 Å². The number of nitrogens with zero attached hydrogens (tertiary/aromatic N) is 2. The molecule has 0 radical (unpaired) electrons. The molecule has 1 aromatic carbocycles. The summed E-state index contributed by atoms with van der Waals surface area (Å²) in [5.74, 6) is 0.636. The third kappa shape index (κ3) is 3.45. The number of ether oxygens (including phenoxy) is 1. The van der Waals surface area contributed by atoms with Crippen molar-refractivity contribution in [2.45, 2.75) is 25.5 Å². The van der Waals surface area contributed by atoms with Gasteiger partial charge < -0.3 is 10.5 Å². The highest BCUT2D eigenvalue weighted by Crippen LogP contribution is 2.30. The van der Waals surface area contributed by atoms with Gasteiger partial charge in [0.15, 0.2) is 0 Å². The minimum atomic E-state index is -0.272. The van der Waals surface area contributed by atoms with Crippen LogP contribution < -0.4 is 10.5 Å². The molecule has 108 valence electrons. The van der Waals surface area contributed by atoms with Crippen LogP contribution >= 0.6 is 23.2 Å². The predicted octanol–water partition coefficient (Wildman–Crippen LogP) is 3.58. The molecule has 1 aromatic heterocycles. The summed E-state index contributed by atoms with van der Waals surface area (Å²) in [5, 5.41) is 5.12. The number of halogens is 2. The standard InChI is InChI=1S/C14H17Cl2N3O/c1-3-13(17)14(9-7-18-19(2)8-9)20-10-4-5-11(15)12(16)6-10/h4-8,13-14H,3,17H2,1-2H3. The molecule has 20 heavy (non-hydrogen) atoms. The first-order chi connectivity index (χ1) is 9.51. The van der Waals surface area contributed by atoms with Gasteiger partial charge in [0.05, 0.1) is 16.2 Å². The van der Waals surface area contributed by atoms with Crippen molar-refractivity contribution in [3.8, 4) is 5.75 Å². The van der Waals surface area contributed by atoms with Crippen molar-refractivity contribution in [3.05, 3.63) is 46.2 Å². The first-order valence-corrected chi connectivity index (χ1v) is 7.12. The molecule has 0 amide bonds. The average molecular weight is 314 g/mol. The summed E-state index contributed by atoms with van der Waals surface area (Å²) in [5.41, 5.74) is 7.09. The molecule has 0 saturated carbocycles. The lowest BCUT2D eigenvalue weighted by atomic mass is 10.0. The Bertz CT molecular complexity index is 586. The van der Waals surface area contributed by atoms with Crippen LogP contribution in [-0.4, -0.2) is 15.8 Å². The Morgan fingerprint density at radius 2 is 2.10 bits per heavy atom. The van der Waals surface area contributed by atoms with E-state index in [0.717, 1.165) is 12.0 Å². The van der Waals surface area contributed by atoms with E-state index in [1.54, 1.807) is 29.1 Å². The van der Waals surface area contributed by atoms with E-state index in [2.05, 4.69) is 5.10 Å². The number of aromatic nitrogens is 2. The van der Waals surface area contributed by atoms with Crippen molar-refractivity contribution in [1.82, 2.24) is 9.78 Å². The summed E-state index contributed by atoms with van der Waals surface area (Å²) in [7, 11) is 1.86. The number of nitrogens with two attached hydrogens (primary N) is 1. The summed E-state index contributed by atoms with van der Waals surface area (Å²) < 4.78 is 7.71. The maximum Gasteiger partial charge on any atom is 0.142 e. The lowest BCUT2D eigenvalue weighted by molar-refractivity contribution is 0.171. The molecule has 0 aliphatic rings. The first-order valence-electron chi connectivity index (χ1n) is 6.37. The summed E-state index contributed by atoms with van der Waals surface area (Å²) in [6.07, 6.45) is 4.18. The molecule has 0 spiro atoms. The van der Waals surface area contributed by atoms with E-state index < -0.39 is 0 Å². The van der Waals surface area contributed by atoms with Crippen LogP contribution in [0.1, 0.15) is 25.0 Å². The van der Waals surface area contributed by atoms with E-state index in [0.29, 0.717) is 15.8 Å². The van der Waals surface area contributed by atoms with Gasteiger partial charge in [0.2, 0.25) is 0 Å². The van der Waals surface area contributed by atoms with E-state index >= 15 is 0 Å². The summed E-state index contributed by atoms with van der Waals surface area (Å²) in [4.78, 5) is 0. The third-order valence-corrected chi connectivity index (χ3v) is 3.81. The topological polar surface area (TPSA) is 53.1 Å². The Morgan fingerprint density at radius 3 is 2.65 bits per heavy atom. The molecule has 0 aliphatic carbocycles. The van der Waals surface area contributed by atoms with Crippen molar-refractivity contribution in [3.63, 3.8) is 0 Å². The minimum Gasteiger partial charge on any atom is -0.484 e. The molecule has 2 N–H and O–H groups in total. The van der Waals surface area contributed by atoms with E-state index in [1.165, 1.54) is 0 Å². The molecule has 2 rings (SSSR count). The lowest BCUT2D eigenvalue weighted by Crippen LogP contribution is -2.31. The zero-order valence-electron chi connectivity index (χ0n) is 11.4. The molecule has 2 unspecified atom stereocenters. The first kappa shape index (κ1) is 15.2. The fourth-order valence-corrected chi connectivity index (χ4v) is 2.19. The van der Waals surface area contributed by atoms with Crippen LogP contribution in [0.3, 0.4) is 0 Å². The van der Waals surface area contributed by atoms with E-state index in [1.807, 2.05) is 20.2 Å². The van der Waals surface area contributed by atoms with Gasteiger partial charge in [-0.05, 0) is 18.6 Å². The minimum absolute atomic E-state index is 0.131. The van der Waals surface area contributed by atoms with Crippen LogP contribution in [0.4, 0.5) is 0 Å². The number of rotatable bonds is 5. The maximum atomic E-state index is 6.15. The summed E-state index contributed by atoms with van der Waals surface area (Å²) >= 11 is 11.9. The van der Waals surface area contributed by atoms with Gasteiger partial charge in [0, 0.05) is 30.9 Å². The molecule has 0 saturated heterocycles. The smallest absolute Gasteiger partial charge is 0.142 e. The van der Waals surface area contributed by atoms with E-state index in [-0.39, 0.29) is 12.1 Å². The molecule has 0 bridgehead atoms. The molecule has 2 aromatic rings. The highest BCUT2D eigenvalue weighted by atomic mass is 35.5. The lowest BCUT2D eigenvalue weighted by Gasteiger charge is -2.23. The predicted molar refractivity (Wildman–Crippen MR) is 81.3 cm³/mol. The van der Waals surface area contributed by atoms with Gasteiger partial charge in [-0.2, -0.15) is 5.10 Å². The average Bonchev–Trinajstić information content (AvgIpc) is 2.85. The maximum absolute atomic E-state index is 6.15.